The summed E-state index contributed by atoms with van der Waals surface area (Å²) in [7, 11) is 0. The number of aliphatic hydroxyl groups excluding tert-OH is 1. The van der Waals surface area contributed by atoms with Gasteiger partial charge < -0.3 is 5.11 Å². The highest BCUT2D eigenvalue weighted by atomic mass is 35.5. The molecule has 2 bridgehead atoms. The summed E-state index contributed by atoms with van der Waals surface area (Å²) in [6, 6.07) is 14.1. The van der Waals surface area contributed by atoms with E-state index < -0.39 is 6.10 Å². The molecule has 4 aliphatic carbocycles. The normalized spacial score (nSPS) is 34.7. The lowest BCUT2D eigenvalue weighted by Gasteiger charge is -2.45. The Bertz CT molecular complexity index is 880. The molecule has 4 atom stereocenters. The molecule has 0 amide bonds. The third kappa shape index (κ3) is 2.68. The second-order valence-corrected chi connectivity index (χ2v) is 9.16. The van der Waals surface area contributed by atoms with E-state index in [0.29, 0.717) is 22.6 Å². The van der Waals surface area contributed by atoms with E-state index in [1.807, 2.05) is 24.3 Å². The molecular formula is C24H25ClO2. The molecule has 0 spiro atoms. The summed E-state index contributed by atoms with van der Waals surface area (Å²) in [5.74, 6) is 1.20. The van der Waals surface area contributed by atoms with Gasteiger partial charge >= 0.3 is 0 Å². The van der Waals surface area contributed by atoms with E-state index in [-0.39, 0.29) is 17.8 Å². The Morgan fingerprint density at radius 1 is 0.926 bits per heavy atom. The number of rotatable bonds is 2. The van der Waals surface area contributed by atoms with Crippen molar-refractivity contribution in [3.63, 3.8) is 0 Å². The molecule has 4 saturated carbocycles. The van der Waals surface area contributed by atoms with Crippen molar-refractivity contribution in [1.29, 1.82) is 0 Å². The Kier molecular flexibility index (Phi) is 4.18. The van der Waals surface area contributed by atoms with Crippen LogP contribution in [-0.2, 0) is 4.79 Å². The maximum Gasteiger partial charge on any atom is 0.146 e. The number of ketones is 1. The number of aryl methyl sites for hydroxylation is 1. The summed E-state index contributed by atoms with van der Waals surface area (Å²) in [4.78, 5) is 13.4. The highest BCUT2D eigenvalue weighted by Gasteiger charge is 2.58. The fraction of sp³-hybridized carbons (Fsp3) is 0.458. The predicted octanol–water partition coefficient (Wildman–Crippen LogP) is 5.40. The van der Waals surface area contributed by atoms with Crippen LogP contribution in [0.1, 0.15) is 42.7 Å². The summed E-state index contributed by atoms with van der Waals surface area (Å²) in [5, 5.41) is 11.9. The SMILES string of the molecule is Cc1ccc(-c2ccc(Cl)cc2)cc1C1C(=O)C2C3CCC(CC3)C2C1O. The van der Waals surface area contributed by atoms with Gasteiger partial charge in [-0.2, -0.15) is 0 Å². The van der Waals surface area contributed by atoms with Crippen molar-refractivity contribution < 1.29 is 9.90 Å². The molecule has 27 heavy (non-hydrogen) atoms. The van der Waals surface area contributed by atoms with Crippen LogP contribution < -0.4 is 0 Å². The molecular weight excluding hydrogens is 356 g/mol. The van der Waals surface area contributed by atoms with Crippen LogP contribution in [-0.4, -0.2) is 17.0 Å². The number of carbonyl (C=O) groups excluding carboxylic acids is 1. The Morgan fingerprint density at radius 3 is 2.22 bits per heavy atom. The molecule has 1 N–H and O–H groups in total. The van der Waals surface area contributed by atoms with Crippen LogP contribution >= 0.6 is 11.6 Å². The molecule has 3 heteroatoms. The number of fused-ring (bicyclic) bond motifs is 2. The zero-order chi connectivity index (χ0) is 18.7. The quantitative estimate of drug-likeness (QED) is 0.757. The zero-order valence-electron chi connectivity index (χ0n) is 15.6. The molecule has 2 nitrogen and oxygen atoms in total. The molecule has 0 heterocycles. The molecule has 4 aliphatic rings. The molecule has 6 rings (SSSR count). The second-order valence-electron chi connectivity index (χ2n) is 8.73. The van der Waals surface area contributed by atoms with Crippen molar-refractivity contribution in [3.8, 4) is 11.1 Å². The van der Waals surface area contributed by atoms with Crippen molar-refractivity contribution in [2.45, 2.75) is 44.6 Å². The van der Waals surface area contributed by atoms with E-state index in [9.17, 15) is 9.90 Å². The van der Waals surface area contributed by atoms with Gasteiger partial charge in [-0.25, -0.2) is 0 Å². The van der Waals surface area contributed by atoms with Crippen LogP contribution in [0.3, 0.4) is 0 Å². The minimum atomic E-state index is -0.533. The number of aliphatic hydroxyl groups is 1. The number of benzene rings is 2. The van der Waals surface area contributed by atoms with Crippen molar-refractivity contribution in [2.75, 3.05) is 0 Å². The van der Waals surface area contributed by atoms with Gasteiger partial charge in [-0.3, -0.25) is 4.79 Å². The van der Waals surface area contributed by atoms with Crippen LogP contribution in [0.4, 0.5) is 0 Å². The number of carbonyl (C=O) groups is 1. The highest BCUT2D eigenvalue weighted by Crippen LogP contribution is 2.57. The van der Waals surface area contributed by atoms with Crippen LogP contribution in [0.5, 0.6) is 0 Å². The molecule has 0 aliphatic heterocycles. The van der Waals surface area contributed by atoms with Gasteiger partial charge in [0.25, 0.3) is 0 Å². The number of halogens is 1. The molecule has 4 unspecified atom stereocenters. The minimum absolute atomic E-state index is 0.0797. The van der Waals surface area contributed by atoms with E-state index in [1.165, 1.54) is 25.7 Å². The second kappa shape index (κ2) is 6.46. The third-order valence-electron chi connectivity index (χ3n) is 7.45. The number of hydrogen-bond donors (Lipinski definition) is 1. The highest BCUT2D eigenvalue weighted by molar-refractivity contribution is 6.30. The van der Waals surface area contributed by atoms with Crippen LogP contribution in [0.25, 0.3) is 11.1 Å². The maximum absolute atomic E-state index is 13.4. The van der Waals surface area contributed by atoms with Gasteiger partial charge in [-0.05, 0) is 84.7 Å². The molecule has 2 aromatic rings. The lowest BCUT2D eigenvalue weighted by molar-refractivity contribution is -0.127. The van der Waals surface area contributed by atoms with Crippen LogP contribution in [0, 0.1) is 30.6 Å². The topological polar surface area (TPSA) is 37.3 Å². The summed E-state index contributed by atoms with van der Waals surface area (Å²) < 4.78 is 0. The van der Waals surface area contributed by atoms with E-state index in [0.717, 1.165) is 22.3 Å². The fourth-order valence-electron chi connectivity index (χ4n) is 6.14. The van der Waals surface area contributed by atoms with E-state index >= 15 is 0 Å². The summed E-state index contributed by atoms with van der Waals surface area (Å²) in [5.41, 5.74) is 4.26. The van der Waals surface area contributed by atoms with Gasteiger partial charge in [0.05, 0.1) is 12.0 Å². The first-order valence-corrected chi connectivity index (χ1v) is 10.5. The molecule has 0 aromatic heterocycles. The zero-order valence-corrected chi connectivity index (χ0v) is 16.3. The van der Waals surface area contributed by atoms with Gasteiger partial charge in [-0.15, -0.1) is 0 Å². The van der Waals surface area contributed by atoms with E-state index in [1.54, 1.807) is 0 Å². The maximum atomic E-state index is 13.4. The van der Waals surface area contributed by atoms with Gasteiger partial charge in [0.1, 0.15) is 5.78 Å². The minimum Gasteiger partial charge on any atom is -0.392 e. The molecule has 0 saturated heterocycles. The largest absolute Gasteiger partial charge is 0.392 e. The third-order valence-corrected chi connectivity index (χ3v) is 7.70. The van der Waals surface area contributed by atoms with Gasteiger partial charge in [0.2, 0.25) is 0 Å². The smallest absolute Gasteiger partial charge is 0.146 e. The first-order valence-electron chi connectivity index (χ1n) is 10.1. The lowest BCUT2D eigenvalue weighted by Crippen LogP contribution is -2.42. The first-order chi connectivity index (χ1) is 13.0. The fourth-order valence-corrected chi connectivity index (χ4v) is 6.27. The Hall–Kier alpha value is -1.64. The standard InChI is InChI=1S/C24H25ClO2/c1-13-2-3-17(14-8-10-18(25)11-9-14)12-19(13)22-23(26)20-15-4-5-16(7-6-15)21(20)24(22)27/h2-3,8-12,15-16,20-23,26H,4-7H2,1H3. The first kappa shape index (κ1) is 17.5. The Labute approximate surface area is 165 Å². The number of Topliss-reactive ketones (excluding diaryl/α,β-unsaturated/α-hetero) is 1. The van der Waals surface area contributed by atoms with Gasteiger partial charge in [0, 0.05) is 10.9 Å². The Morgan fingerprint density at radius 2 is 1.56 bits per heavy atom. The summed E-state index contributed by atoms with van der Waals surface area (Å²) >= 11 is 6.02. The summed E-state index contributed by atoms with van der Waals surface area (Å²) in [6.45, 7) is 2.05. The van der Waals surface area contributed by atoms with Crippen LogP contribution in [0.2, 0.25) is 5.02 Å². The van der Waals surface area contributed by atoms with Crippen LogP contribution in [0.15, 0.2) is 42.5 Å². The Balaban J connectivity index is 1.55. The van der Waals surface area contributed by atoms with Crippen molar-refractivity contribution >= 4 is 17.4 Å². The molecule has 2 aromatic carbocycles. The lowest BCUT2D eigenvalue weighted by atomic mass is 9.59. The van der Waals surface area contributed by atoms with Gasteiger partial charge in [-0.1, -0.05) is 41.9 Å². The summed E-state index contributed by atoms with van der Waals surface area (Å²) in [6.07, 6.45) is 4.18. The average Bonchev–Trinajstić information content (AvgIpc) is 2.97. The van der Waals surface area contributed by atoms with Crippen molar-refractivity contribution in [3.05, 3.63) is 58.6 Å². The molecule has 0 radical (unpaired) electrons. The monoisotopic (exact) mass is 380 g/mol. The van der Waals surface area contributed by atoms with E-state index in [4.69, 9.17) is 11.6 Å². The number of hydrogen-bond acceptors (Lipinski definition) is 2. The van der Waals surface area contributed by atoms with Crippen molar-refractivity contribution in [1.82, 2.24) is 0 Å². The molecule has 140 valence electrons. The van der Waals surface area contributed by atoms with Crippen molar-refractivity contribution in [2.24, 2.45) is 23.7 Å². The van der Waals surface area contributed by atoms with E-state index in [2.05, 4.69) is 25.1 Å². The molecule has 4 fully saturated rings. The average molecular weight is 381 g/mol. The van der Waals surface area contributed by atoms with Gasteiger partial charge in [0.15, 0.2) is 0 Å². The predicted molar refractivity (Wildman–Crippen MR) is 108 cm³/mol.